The van der Waals surface area contributed by atoms with Crippen molar-refractivity contribution in [1.82, 2.24) is 10.2 Å². The summed E-state index contributed by atoms with van der Waals surface area (Å²) in [5.41, 5.74) is 9.23. The highest BCUT2D eigenvalue weighted by Gasteiger charge is 2.14. The number of rotatable bonds is 2. The number of fused-ring (bicyclic) bond motifs is 1. The summed E-state index contributed by atoms with van der Waals surface area (Å²) in [4.78, 5) is 12.4. The maximum Gasteiger partial charge on any atom is 0.276 e. The number of aromatic nitrogens is 2. The smallest absolute Gasteiger partial charge is 0.276 e. The Balaban J connectivity index is 1.95. The Morgan fingerprint density at radius 1 is 1.29 bits per heavy atom. The SMILES string of the molecule is Cc1cc(Br)cc(NC(=O)c2n[nH]c3ccc(N)cc23)c1. The summed E-state index contributed by atoms with van der Waals surface area (Å²) in [5, 5.41) is 10.5. The second-order valence-corrected chi connectivity index (χ2v) is 5.76. The predicted molar refractivity (Wildman–Crippen MR) is 87.3 cm³/mol. The Hall–Kier alpha value is -2.34. The van der Waals surface area contributed by atoms with Crippen LogP contribution < -0.4 is 11.1 Å². The Morgan fingerprint density at radius 3 is 2.86 bits per heavy atom. The number of aromatic amines is 1. The van der Waals surface area contributed by atoms with Gasteiger partial charge in [0.25, 0.3) is 5.91 Å². The van der Waals surface area contributed by atoms with Gasteiger partial charge in [-0.25, -0.2) is 0 Å². The number of benzene rings is 2. The maximum atomic E-state index is 12.4. The van der Waals surface area contributed by atoms with Crippen LogP contribution in [0.5, 0.6) is 0 Å². The van der Waals surface area contributed by atoms with Crippen molar-refractivity contribution >= 4 is 44.1 Å². The lowest BCUT2D eigenvalue weighted by Gasteiger charge is -2.06. The number of nitrogens with zero attached hydrogens (tertiary/aromatic N) is 1. The van der Waals surface area contributed by atoms with Gasteiger partial charge < -0.3 is 11.1 Å². The molecule has 6 heteroatoms. The highest BCUT2D eigenvalue weighted by Crippen LogP contribution is 2.22. The van der Waals surface area contributed by atoms with E-state index in [2.05, 4.69) is 31.4 Å². The van der Waals surface area contributed by atoms with E-state index in [4.69, 9.17) is 5.73 Å². The average Bonchev–Trinajstić information content (AvgIpc) is 2.80. The maximum absolute atomic E-state index is 12.4. The van der Waals surface area contributed by atoms with E-state index < -0.39 is 0 Å². The molecule has 2 aromatic carbocycles. The zero-order valence-corrected chi connectivity index (χ0v) is 12.9. The molecular weight excluding hydrogens is 332 g/mol. The van der Waals surface area contributed by atoms with Crippen molar-refractivity contribution < 1.29 is 4.79 Å². The van der Waals surface area contributed by atoms with Gasteiger partial charge in [-0.05, 0) is 48.9 Å². The zero-order valence-electron chi connectivity index (χ0n) is 11.3. The summed E-state index contributed by atoms with van der Waals surface area (Å²) in [5.74, 6) is -0.274. The first-order chi connectivity index (χ1) is 10.0. The molecule has 106 valence electrons. The number of carbonyl (C=O) groups excluding carboxylic acids is 1. The molecule has 0 spiro atoms. The van der Waals surface area contributed by atoms with Gasteiger partial charge in [-0.15, -0.1) is 0 Å². The number of hydrogen-bond donors (Lipinski definition) is 3. The molecule has 1 heterocycles. The van der Waals surface area contributed by atoms with Crippen LogP contribution in [0.25, 0.3) is 10.9 Å². The first kappa shape index (κ1) is 13.6. The summed E-state index contributed by atoms with van der Waals surface area (Å²) >= 11 is 3.41. The molecule has 4 N–H and O–H groups in total. The molecule has 21 heavy (non-hydrogen) atoms. The molecule has 0 aliphatic carbocycles. The van der Waals surface area contributed by atoms with Gasteiger partial charge >= 0.3 is 0 Å². The Labute approximate surface area is 129 Å². The Kier molecular flexibility index (Phi) is 3.39. The van der Waals surface area contributed by atoms with Crippen LogP contribution in [-0.4, -0.2) is 16.1 Å². The standard InChI is InChI=1S/C15H13BrN4O/c1-8-4-9(16)6-11(5-8)18-15(21)14-12-7-10(17)2-3-13(12)19-20-14/h2-7H,17H2,1H3,(H,18,21)(H,19,20). The van der Waals surface area contributed by atoms with Crippen molar-refractivity contribution in [3.05, 3.63) is 52.1 Å². The molecular formula is C15H13BrN4O. The minimum absolute atomic E-state index is 0.274. The van der Waals surface area contributed by atoms with Crippen molar-refractivity contribution in [1.29, 1.82) is 0 Å². The number of nitrogens with two attached hydrogens (primary N) is 1. The normalized spacial score (nSPS) is 10.8. The summed E-state index contributed by atoms with van der Waals surface area (Å²) < 4.78 is 0.911. The third-order valence-corrected chi connectivity index (χ3v) is 3.56. The number of halogens is 1. The van der Waals surface area contributed by atoms with E-state index >= 15 is 0 Å². The van der Waals surface area contributed by atoms with E-state index in [1.165, 1.54) is 0 Å². The quantitative estimate of drug-likeness (QED) is 0.622. The number of nitrogen functional groups attached to an aromatic ring is 1. The summed E-state index contributed by atoms with van der Waals surface area (Å²) in [6.45, 7) is 1.96. The van der Waals surface area contributed by atoms with Gasteiger partial charge in [0.2, 0.25) is 0 Å². The van der Waals surface area contributed by atoms with Gasteiger partial charge in [-0.3, -0.25) is 9.89 Å². The van der Waals surface area contributed by atoms with Gasteiger partial charge in [-0.1, -0.05) is 15.9 Å². The first-order valence-electron chi connectivity index (χ1n) is 6.35. The monoisotopic (exact) mass is 344 g/mol. The van der Waals surface area contributed by atoms with Crippen molar-refractivity contribution in [2.75, 3.05) is 11.1 Å². The molecule has 0 radical (unpaired) electrons. The fourth-order valence-electron chi connectivity index (χ4n) is 2.20. The average molecular weight is 345 g/mol. The predicted octanol–water partition coefficient (Wildman–Crippen LogP) is 3.47. The summed E-state index contributed by atoms with van der Waals surface area (Å²) in [6, 6.07) is 11.0. The van der Waals surface area contributed by atoms with Crippen LogP contribution in [0.2, 0.25) is 0 Å². The second-order valence-electron chi connectivity index (χ2n) is 4.85. The molecule has 0 aliphatic heterocycles. The number of amides is 1. The fraction of sp³-hybridized carbons (Fsp3) is 0.0667. The van der Waals surface area contributed by atoms with Gasteiger partial charge in [0.1, 0.15) is 0 Å². The minimum Gasteiger partial charge on any atom is -0.399 e. The van der Waals surface area contributed by atoms with Gasteiger partial charge in [0, 0.05) is 21.2 Å². The van der Waals surface area contributed by atoms with Crippen LogP contribution in [0.3, 0.4) is 0 Å². The molecule has 0 bridgehead atoms. The molecule has 3 aromatic rings. The van der Waals surface area contributed by atoms with Crippen molar-refractivity contribution in [3.8, 4) is 0 Å². The Morgan fingerprint density at radius 2 is 2.10 bits per heavy atom. The van der Waals surface area contributed by atoms with E-state index in [9.17, 15) is 4.79 Å². The third-order valence-electron chi connectivity index (χ3n) is 3.10. The Bertz CT molecular complexity index is 821. The second kappa shape index (κ2) is 5.21. The number of aryl methyl sites for hydroxylation is 1. The number of carbonyl (C=O) groups is 1. The lowest BCUT2D eigenvalue weighted by atomic mass is 10.1. The van der Waals surface area contributed by atoms with Gasteiger partial charge in [0.05, 0.1) is 5.52 Å². The highest BCUT2D eigenvalue weighted by atomic mass is 79.9. The zero-order chi connectivity index (χ0) is 15.0. The molecule has 5 nitrogen and oxygen atoms in total. The lowest BCUT2D eigenvalue weighted by Crippen LogP contribution is -2.13. The topological polar surface area (TPSA) is 83.8 Å². The van der Waals surface area contributed by atoms with Crippen molar-refractivity contribution in [2.45, 2.75) is 6.92 Å². The van der Waals surface area contributed by atoms with Crippen LogP contribution >= 0.6 is 15.9 Å². The van der Waals surface area contributed by atoms with Crippen molar-refractivity contribution in [2.24, 2.45) is 0 Å². The van der Waals surface area contributed by atoms with Crippen molar-refractivity contribution in [3.63, 3.8) is 0 Å². The molecule has 0 saturated carbocycles. The van der Waals surface area contributed by atoms with E-state index in [0.717, 1.165) is 15.6 Å². The lowest BCUT2D eigenvalue weighted by molar-refractivity contribution is 0.102. The van der Waals surface area contributed by atoms with Crippen LogP contribution in [0.15, 0.2) is 40.9 Å². The van der Waals surface area contributed by atoms with Gasteiger partial charge in [0.15, 0.2) is 5.69 Å². The van der Waals surface area contributed by atoms with Crippen LogP contribution in [0, 0.1) is 6.92 Å². The largest absolute Gasteiger partial charge is 0.399 e. The molecule has 1 aromatic heterocycles. The number of hydrogen-bond acceptors (Lipinski definition) is 3. The summed E-state index contributed by atoms with van der Waals surface area (Å²) in [6.07, 6.45) is 0. The van der Waals surface area contributed by atoms with Gasteiger partial charge in [-0.2, -0.15) is 5.10 Å². The number of nitrogens with one attached hydrogen (secondary N) is 2. The van der Waals surface area contributed by atoms with Crippen LogP contribution in [0.1, 0.15) is 16.1 Å². The number of H-pyrrole nitrogens is 1. The van der Waals surface area contributed by atoms with E-state index in [0.29, 0.717) is 22.5 Å². The summed E-state index contributed by atoms with van der Waals surface area (Å²) in [7, 11) is 0. The molecule has 0 fully saturated rings. The molecule has 0 saturated heterocycles. The molecule has 3 rings (SSSR count). The van der Waals surface area contributed by atoms with Crippen LogP contribution in [-0.2, 0) is 0 Å². The van der Waals surface area contributed by atoms with E-state index in [-0.39, 0.29) is 5.91 Å². The first-order valence-corrected chi connectivity index (χ1v) is 7.14. The molecule has 0 unspecified atom stereocenters. The van der Waals surface area contributed by atoms with Crippen LogP contribution in [0.4, 0.5) is 11.4 Å². The van der Waals surface area contributed by atoms with E-state index in [1.807, 2.05) is 25.1 Å². The van der Waals surface area contributed by atoms with E-state index in [1.54, 1.807) is 18.2 Å². The third kappa shape index (κ3) is 2.75. The highest BCUT2D eigenvalue weighted by molar-refractivity contribution is 9.10. The molecule has 0 aliphatic rings. The number of anilines is 2. The fourth-order valence-corrected chi connectivity index (χ4v) is 2.81. The minimum atomic E-state index is -0.274. The molecule has 0 atom stereocenters. The molecule has 1 amide bonds.